The normalized spacial score (nSPS) is 34.9. The molecule has 2 saturated carbocycles. The third-order valence-electron chi connectivity index (χ3n) is 8.24. The van der Waals surface area contributed by atoms with Crippen molar-refractivity contribution >= 4 is 16.1 Å². The Balaban J connectivity index is 1.37. The van der Waals surface area contributed by atoms with Gasteiger partial charge >= 0.3 is 10.3 Å². The smallest absolute Gasteiger partial charge is 0.371 e. The van der Waals surface area contributed by atoms with E-state index >= 15 is 0 Å². The fraction of sp³-hybridized carbons (Fsp3) is 0.696. The Hall–Kier alpha value is -1.40. The van der Waals surface area contributed by atoms with Crippen molar-refractivity contribution in [2.45, 2.75) is 70.6 Å². The van der Waals surface area contributed by atoms with Crippen LogP contribution in [0.5, 0.6) is 5.75 Å². The Morgan fingerprint density at radius 1 is 1.07 bits per heavy atom. The molecule has 1 saturated heterocycles. The van der Waals surface area contributed by atoms with E-state index < -0.39 is 10.3 Å². The maximum absolute atomic E-state index is 12.6. The standard InChI is InChI=1S/C23H31NO4S/c1-23-12-11-19-18-8-6-17(28-29(26,27)24-13-3-2-4-14-24)15-16(18)5-7-20(19)21(23)9-10-22(23)25/h6,8,15,19-21H,2-5,7,9-14H2,1H3/t19?,20?,21?,23-/m0/s1. The van der Waals surface area contributed by atoms with Crippen molar-refractivity contribution in [3.8, 4) is 5.75 Å². The SMILES string of the molecule is C[C@]12CCC3c4ccc(OS(=O)(=O)N5CCCCC5)cc4CCC3C1CCC2=O. The van der Waals surface area contributed by atoms with Crippen LogP contribution in [0.2, 0.25) is 0 Å². The number of hydrogen-bond donors (Lipinski definition) is 0. The molecule has 0 spiro atoms. The molecule has 0 radical (unpaired) electrons. The minimum absolute atomic E-state index is 0.107. The number of benzene rings is 1. The molecule has 4 aliphatic rings. The largest absolute Gasteiger partial charge is 0.385 e. The molecular weight excluding hydrogens is 386 g/mol. The number of nitrogens with zero attached hydrogens (tertiary/aromatic N) is 1. The number of fused-ring (bicyclic) bond motifs is 5. The molecule has 1 heterocycles. The fourth-order valence-electron chi connectivity index (χ4n) is 6.64. The number of rotatable bonds is 3. The molecule has 5 rings (SSSR count). The van der Waals surface area contributed by atoms with Crippen LogP contribution in [-0.4, -0.2) is 31.6 Å². The molecule has 29 heavy (non-hydrogen) atoms. The summed E-state index contributed by atoms with van der Waals surface area (Å²) < 4.78 is 32.2. The summed E-state index contributed by atoms with van der Waals surface area (Å²) in [5.41, 5.74) is 2.47. The number of carbonyl (C=O) groups is 1. The van der Waals surface area contributed by atoms with Gasteiger partial charge < -0.3 is 4.18 Å². The lowest BCUT2D eigenvalue weighted by molar-refractivity contribution is -0.129. The maximum atomic E-state index is 12.6. The molecule has 0 bridgehead atoms. The van der Waals surface area contributed by atoms with Crippen molar-refractivity contribution in [3.05, 3.63) is 29.3 Å². The first-order chi connectivity index (χ1) is 13.9. The number of ketones is 1. The second kappa shape index (κ2) is 7.09. The van der Waals surface area contributed by atoms with Crippen molar-refractivity contribution in [3.63, 3.8) is 0 Å². The van der Waals surface area contributed by atoms with Crippen molar-refractivity contribution in [2.24, 2.45) is 17.3 Å². The first-order valence-corrected chi connectivity index (χ1v) is 12.6. The van der Waals surface area contributed by atoms with Crippen LogP contribution in [0.25, 0.3) is 0 Å². The van der Waals surface area contributed by atoms with Crippen LogP contribution in [0.1, 0.15) is 75.3 Å². The van der Waals surface area contributed by atoms with E-state index in [0.717, 1.165) is 57.8 Å². The molecule has 0 amide bonds. The van der Waals surface area contributed by atoms with Gasteiger partial charge in [0.25, 0.3) is 0 Å². The monoisotopic (exact) mass is 417 g/mol. The summed E-state index contributed by atoms with van der Waals surface area (Å²) >= 11 is 0. The van der Waals surface area contributed by atoms with Crippen LogP contribution in [0.4, 0.5) is 0 Å². The molecule has 1 aromatic rings. The summed E-state index contributed by atoms with van der Waals surface area (Å²) in [6, 6.07) is 5.86. The molecule has 3 aliphatic carbocycles. The van der Waals surface area contributed by atoms with E-state index in [4.69, 9.17) is 4.18 Å². The topological polar surface area (TPSA) is 63.7 Å². The van der Waals surface area contributed by atoms with Gasteiger partial charge in [0.1, 0.15) is 11.5 Å². The molecule has 0 aromatic heterocycles. The van der Waals surface area contributed by atoms with E-state index in [-0.39, 0.29) is 5.41 Å². The number of aryl methyl sites for hydroxylation is 1. The van der Waals surface area contributed by atoms with Crippen LogP contribution in [-0.2, 0) is 21.5 Å². The van der Waals surface area contributed by atoms with Gasteiger partial charge in [-0.15, -0.1) is 0 Å². The van der Waals surface area contributed by atoms with E-state index in [0.29, 0.717) is 42.4 Å². The van der Waals surface area contributed by atoms with Crippen molar-refractivity contribution in [1.82, 2.24) is 4.31 Å². The molecule has 3 fully saturated rings. The average molecular weight is 418 g/mol. The Morgan fingerprint density at radius 2 is 1.86 bits per heavy atom. The lowest BCUT2D eigenvalue weighted by Gasteiger charge is -2.48. The van der Waals surface area contributed by atoms with Gasteiger partial charge in [-0.1, -0.05) is 19.4 Å². The zero-order valence-electron chi connectivity index (χ0n) is 17.2. The van der Waals surface area contributed by atoms with Gasteiger partial charge in [-0.3, -0.25) is 4.79 Å². The molecule has 4 atom stereocenters. The lowest BCUT2D eigenvalue weighted by Crippen LogP contribution is -2.42. The molecule has 6 heteroatoms. The van der Waals surface area contributed by atoms with E-state index in [9.17, 15) is 13.2 Å². The van der Waals surface area contributed by atoms with Crippen LogP contribution in [0.15, 0.2) is 18.2 Å². The minimum atomic E-state index is -3.72. The van der Waals surface area contributed by atoms with E-state index in [1.807, 2.05) is 12.1 Å². The van der Waals surface area contributed by atoms with E-state index in [1.54, 1.807) is 0 Å². The van der Waals surface area contributed by atoms with E-state index in [2.05, 4.69) is 13.0 Å². The highest BCUT2D eigenvalue weighted by Crippen LogP contribution is 2.59. The maximum Gasteiger partial charge on any atom is 0.385 e. The van der Waals surface area contributed by atoms with E-state index in [1.165, 1.54) is 15.4 Å². The Kier molecular flexibility index (Phi) is 4.78. The van der Waals surface area contributed by atoms with Crippen LogP contribution >= 0.6 is 0 Å². The number of piperidine rings is 1. The third-order valence-corrected chi connectivity index (χ3v) is 9.64. The van der Waals surface area contributed by atoms with Gasteiger partial charge in [-0.05, 0) is 86.0 Å². The quantitative estimate of drug-likeness (QED) is 0.739. The second-order valence-electron chi connectivity index (χ2n) is 9.69. The summed E-state index contributed by atoms with van der Waals surface area (Å²) in [5, 5.41) is 0. The molecule has 1 aromatic carbocycles. The van der Waals surface area contributed by atoms with Crippen molar-refractivity contribution in [1.29, 1.82) is 0 Å². The summed E-state index contributed by atoms with van der Waals surface area (Å²) in [7, 11) is -3.72. The Bertz CT molecular complexity index is 921. The highest BCUT2D eigenvalue weighted by molar-refractivity contribution is 7.84. The second-order valence-corrected chi connectivity index (χ2v) is 11.2. The highest BCUT2D eigenvalue weighted by atomic mass is 32.2. The molecular formula is C23H31NO4S. The van der Waals surface area contributed by atoms with Crippen LogP contribution < -0.4 is 4.18 Å². The Morgan fingerprint density at radius 3 is 2.66 bits per heavy atom. The summed E-state index contributed by atoms with van der Waals surface area (Å²) in [6.45, 7) is 3.30. The molecule has 0 N–H and O–H groups in total. The van der Waals surface area contributed by atoms with Gasteiger partial charge in [-0.2, -0.15) is 12.7 Å². The summed E-state index contributed by atoms with van der Waals surface area (Å²) in [4.78, 5) is 12.5. The highest BCUT2D eigenvalue weighted by Gasteiger charge is 2.54. The van der Waals surface area contributed by atoms with Crippen LogP contribution in [0.3, 0.4) is 0 Å². The van der Waals surface area contributed by atoms with Gasteiger partial charge in [0.15, 0.2) is 0 Å². The zero-order chi connectivity index (χ0) is 20.2. The zero-order valence-corrected chi connectivity index (χ0v) is 18.0. The van der Waals surface area contributed by atoms with Gasteiger partial charge in [0.2, 0.25) is 0 Å². The van der Waals surface area contributed by atoms with Gasteiger partial charge in [0, 0.05) is 24.9 Å². The van der Waals surface area contributed by atoms with Crippen LogP contribution in [0, 0.1) is 17.3 Å². The number of carbonyl (C=O) groups excluding carboxylic acids is 1. The molecule has 1 aliphatic heterocycles. The van der Waals surface area contributed by atoms with Crippen molar-refractivity contribution in [2.75, 3.05) is 13.1 Å². The summed E-state index contributed by atoms with van der Waals surface area (Å²) in [6.07, 6.45) is 8.75. The van der Waals surface area contributed by atoms with Crippen molar-refractivity contribution < 1.29 is 17.4 Å². The number of Topliss-reactive ketones (excluding diaryl/α,β-unsaturated/α-hetero) is 1. The third kappa shape index (κ3) is 3.23. The van der Waals surface area contributed by atoms with Gasteiger partial charge in [-0.25, -0.2) is 0 Å². The first kappa shape index (κ1) is 19.6. The lowest BCUT2D eigenvalue weighted by atomic mass is 9.55. The first-order valence-electron chi connectivity index (χ1n) is 11.2. The predicted molar refractivity (Wildman–Crippen MR) is 111 cm³/mol. The average Bonchev–Trinajstić information content (AvgIpc) is 3.03. The predicted octanol–water partition coefficient (Wildman–Crippen LogP) is 4.22. The fourth-order valence-corrected chi connectivity index (χ4v) is 7.80. The Labute approximate surface area is 174 Å². The number of hydrogen-bond acceptors (Lipinski definition) is 4. The van der Waals surface area contributed by atoms with Gasteiger partial charge in [0.05, 0.1) is 0 Å². The summed E-state index contributed by atoms with van der Waals surface area (Å²) in [5.74, 6) is 2.49. The minimum Gasteiger partial charge on any atom is -0.371 e. The molecule has 158 valence electrons. The molecule has 3 unspecified atom stereocenters. The molecule has 5 nitrogen and oxygen atoms in total.